The highest BCUT2D eigenvalue weighted by Crippen LogP contribution is 2.05. The molecule has 1 rings (SSSR count). The van der Waals surface area contributed by atoms with E-state index in [1.165, 1.54) is 19.2 Å². The summed E-state index contributed by atoms with van der Waals surface area (Å²) in [6, 6.07) is 5.73. The Balaban J connectivity index is 2.63. The third-order valence-corrected chi connectivity index (χ3v) is 2.46. The Morgan fingerprint density at radius 3 is 2.40 bits per heavy atom. The van der Waals surface area contributed by atoms with Gasteiger partial charge in [-0.25, -0.2) is 14.2 Å². The van der Waals surface area contributed by atoms with Gasteiger partial charge in [0.2, 0.25) is 5.76 Å². The van der Waals surface area contributed by atoms with Gasteiger partial charge < -0.3 is 10.2 Å². The van der Waals surface area contributed by atoms with E-state index in [1.54, 1.807) is 12.1 Å². The number of halogens is 1. The fraction of sp³-hybridized carbons (Fsp3) is 0.231. The molecule has 0 aromatic heterocycles. The molecule has 0 aliphatic rings. The lowest BCUT2D eigenvalue weighted by Gasteiger charge is -2.17. The standard InChI is InChI=1S/C13H14FNO5/c1-20-15(12(17)8-11(16)13(18)19)7-6-9-2-4-10(14)5-3-9/h2-5,8,16H,6-7H2,1H3,(H,18,19). The zero-order chi connectivity index (χ0) is 15.1. The Kier molecular flexibility index (Phi) is 5.67. The predicted molar refractivity (Wildman–Crippen MR) is 67.2 cm³/mol. The molecule has 6 nitrogen and oxygen atoms in total. The molecule has 0 saturated carbocycles. The van der Waals surface area contributed by atoms with Gasteiger partial charge in [0.25, 0.3) is 5.91 Å². The lowest BCUT2D eigenvalue weighted by Crippen LogP contribution is -2.31. The molecule has 1 aromatic carbocycles. The van der Waals surface area contributed by atoms with E-state index in [4.69, 9.17) is 15.1 Å². The van der Waals surface area contributed by atoms with Crippen molar-refractivity contribution >= 4 is 11.9 Å². The van der Waals surface area contributed by atoms with Gasteiger partial charge in [0.15, 0.2) is 0 Å². The molecule has 20 heavy (non-hydrogen) atoms. The molecule has 0 bridgehead atoms. The topological polar surface area (TPSA) is 87.1 Å². The Morgan fingerprint density at radius 1 is 1.30 bits per heavy atom. The van der Waals surface area contributed by atoms with Crippen molar-refractivity contribution in [3.63, 3.8) is 0 Å². The van der Waals surface area contributed by atoms with Crippen molar-refractivity contribution in [1.29, 1.82) is 0 Å². The van der Waals surface area contributed by atoms with Crippen molar-refractivity contribution in [1.82, 2.24) is 5.06 Å². The minimum atomic E-state index is -1.60. The molecule has 0 saturated heterocycles. The fourth-order valence-electron chi connectivity index (χ4n) is 1.42. The monoisotopic (exact) mass is 283 g/mol. The largest absolute Gasteiger partial charge is 0.502 e. The highest BCUT2D eigenvalue weighted by molar-refractivity contribution is 5.95. The fourth-order valence-corrected chi connectivity index (χ4v) is 1.42. The van der Waals surface area contributed by atoms with Crippen molar-refractivity contribution in [3.8, 4) is 0 Å². The average molecular weight is 283 g/mol. The molecule has 0 aliphatic carbocycles. The first-order valence-corrected chi connectivity index (χ1v) is 5.68. The van der Waals surface area contributed by atoms with E-state index >= 15 is 0 Å². The van der Waals surface area contributed by atoms with E-state index in [9.17, 15) is 14.0 Å². The molecule has 7 heteroatoms. The molecule has 0 atom stereocenters. The maximum Gasteiger partial charge on any atom is 0.371 e. The quantitative estimate of drug-likeness (QED) is 0.466. The predicted octanol–water partition coefficient (Wildman–Crippen LogP) is 1.28. The van der Waals surface area contributed by atoms with Crippen LogP contribution in [0.5, 0.6) is 0 Å². The van der Waals surface area contributed by atoms with Gasteiger partial charge in [0.05, 0.1) is 19.7 Å². The van der Waals surface area contributed by atoms with Crippen LogP contribution in [0.25, 0.3) is 0 Å². The normalized spacial score (nSPS) is 11.2. The van der Waals surface area contributed by atoms with E-state index < -0.39 is 17.6 Å². The number of carbonyl (C=O) groups excluding carboxylic acids is 1. The van der Waals surface area contributed by atoms with Crippen LogP contribution in [-0.4, -0.2) is 40.8 Å². The summed E-state index contributed by atoms with van der Waals surface area (Å²) in [6.45, 7) is 0.129. The average Bonchev–Trinajstić information content (AvgIpc) is 2.41. The molecule has 0 unspecified atom stereocenters. The lowest BCUT2D eigenvalue weighted by atomic mass is 10.1. The number of nitrogens with zero attached hydrogens (tertiary/aromatic N) is 1. The SMILES string of the molecule is CON(CCc1ccc(F)cc1)C(=O)C=C(O)C(=O)O. The van der Waals surface area contributed by atoms with Gasteiger partial charge in [0, 0.05) is 0 Å². The van der Waals surface area contributed by atoms with Crippen LogP contribution >= 0.6 is 0 Å². The van der Waals surface area contributed by atoms with Crippen LogP contribution in [0.3, 0.4) is 0 Å². The number of benzene rings is 1. The summed E-state index contributed by atoms with van der Waals surface area (Å²) in [6.07, 6.45) is 0.942. The molecule has 108 valence electrons. The van der Waals surface area contributed by atoms with Gasteiger partial charge in [-0.15, -0.1) is 0 Å². The van der Waals surface area contributed by atoms with E-state index in [0.29, 0.717) is 12.5 Å². The number of aliphatic hydroxyl groups is 1. The van der Waals surface area contributed by atoms with E-state index in [2.05, 4.69) is 0 Å². The number of carboxylic acids is 1. The number of amides is 1. The van der Waals surface area contributed by atoms with Crippen molar-refractivity contribution in [2.45, 2.75) is 6.42 Å². The highest BCUT2D eigenvalue weighted by atomic mass is 19.1. The van der Waals surface area contributed by atoms with E-state index in [-0.39, 0.29) is 12.4 Å². The Hall–Kier alpha value is -2.41. The van der Waals surface area contributed by atoms with E-state index in [0.717, 1.165) is 10.6 Å². The summed E-state index contributed by atoms with van der Waals surface area (Å²) in [5.41, 5.74) is 0.785. The lowest BCUT2D eigenvalue weighted by molar-refractivity contribution is -0.170. The number of hydroxylamine groups is 2. The third-order valence-electron chi connectivity index (χ3n) is 2.46. The molecule has 1 aromatic rings. The summed E-state index contributed by atoms with van der Waals surface area (Å²) >= 11 is 0. The smallest absolute Gasteiger partial charge is 0.371 e. The molecular weight excluding hydrogens is 269 g/mol. The number of carboxylic acid groups (broad SMARTS) is 1. The first-order valence-electron chi connectivity index (χ1n) is 5.68. The summed E-state index contributed by atoms with van der Waals surface area (Å²) in [4.78, 5) is 26.8. The second-order valence-electron chi connectivity index (χ2n) is 3.83. The second-order valence-corrected chi connectivity index (χ2v) is 3.83. The molecule has 0 fully saturated rings. The van der Waals surface area contributed by atoms with Gasteiger partial charge in [-0.1, -0.05) is 12.1 Å². The van der Waals surface area contributed by atoms with Crippen molar-refractivity contribution < 1.29 is 29.0 Å². The molecule has 1 amide bonds. The zero-order valence-corrected chi connectivity index (χ0v) is 10.7. The van der Waals surface area contributed by atoms with Crippen LogP contribution in [0.4, 0.5) is 4.39 Å². The summed E-state index contributed by atoms with van der Waals surface area (Å²) < 4.78 is 12.7. The Morgan fingerprint density at radius 2 is 1.90 bits per heavy atom. The molecule has 2 N–H and O–H groups in total. The maximum atomic E-state index is 12.7. The minimum Gasteiger partial charge on any atom is -0.502 e. The van der Waals surface area contributed by atoms with Crippen molar-refractivity contribution in [3.05, 3.63) is 47.5 Å². The second kappa shape index (κ2) is 7.25. The highest BCUT2D eigenvalue weighted by Gasteiger charge is 2.14. The molecular formula is C13H14FNO5. The summed E-state index contributed by atoms with van der Waals surface area (Å²) in [5, 5.41) is 18.3. The first-order chi connectivity index (χ1) is 9.43. The number of aliphatic hydroxyl groups excluding tert-OH is 1. The molecule has 0 aliphatic heterocycles. The van der Waals surface area contributed by atoms with Crippen LogP contribution in [0.2, 0.25) is 0 Å². The molecule has 0 radical (unpaired) electrons. The van der Waals surface area contributed by atoms with Gasteiger partial charge in [-0.2, -0.15) is 0 Å². The van der Waals surface area contributed by atoms with Crippen LogP contribution in [0.15, 0.2) is 36.1 Å². The van der Waals surface area contributed by atoms with Crippen LogP contribution < -0.4 is 0 Å². The zero-order valence-electron chi connectivity index (χ0n) is 10.7. The Labute approximate surface area is 114 Å². The Bertz CT molecular complexity index is 512. The number of aliphatic carboxylic acids is 1. The maximum absolute atomic E-state index is 12.7. The van der Waals surface area contributed by atoms with Crippen molar-refractivity contribution in [2.24, 2.45) is 0 Å². The van der Waals surface area contributed by atoms with Gasteiger partial charge in [-0.05, 0) is 24.1 Å². The number of rotatable bonds is 6. The summed E-state index contributed by atoms with van der Waals surface area (Å²) in [5.74, 6) is -3.83. The van der Waals surface area contributed by atoms with Crippen LogP contribution in [0.1, 0.15) is 5.56 Å². The van der Waals surface area contributed by atoms with Gasteiger partial charge in [0.1, 0.15) is 5.82 Å². The van der Waals surface area contributed by atoms with Crippen molar-refractivity contribution in [2.75, 3.05) is 13.7 Å². The minimum absolute atomic E-state index is 0.129. The van der Waals surface area contributed by atoms with Crippen LogP contribution in [0, 0.1) is 5.82 Å². The van der Waals surface area contributed by atoms with Gasteiger partial charge >= 0.3 is 5.97 Å². The summed E-state index contributed by atoms with van der Waals surface area (Å²) in [7, 11) is 1.24. The first kappa shape index (κ1) is 15.6. The number of carbonyl (C=O) groups is 2. The number of hydrogen-bond acceptors (Lipinski definition) is 4. The molecule has 0 heterocycles. The third kappa shape index (κ3) is 4.69. The number of hydrogen-bond donors (Lipinski definition) is 2. The molecule has 0 spiro atoms. The van der Waals surface area contributed by atoms with E-state index in [1.807, 2.05) is 0 Å². The van der Waals surface area contributed by atoms with Gasteiger partial charge in [-0.3, -0.25) is 9.63 Å². The van der Waals surface area contributed by atoms with Crippen LogP contribution in [-0.2, 0) is 20.8 Å².